The van der Waals surface area contributed by atoms with Gasteiger partial charge in [0.15, 0.2) is 10.8 Å². The van der Waals surface area contributed by atoms with Crippen molar-refractivity contribution in [3.8, 4) is 5.69 Å². The van der Waals surface area contributed by atoms with Crippen LogP contribution < -0.4 is 5.49 Å². The predicted octanol–water partition coefficient (Wildman–Crippen LogP) is 2.83. The van der Waals surface area contributed by atoms with Gasteiger partial charge in [-0.1, -0.05) is 37.7 Å². The molecule has 0 unspecified atom stereocenters. The highest BCUT2D eigenvalue weighted by atomic mass is 32.2. The lowest BCUT2D eigenvalue weighted by atomic mass is 10.1. The summed E-state index contributed by atoms with van der Waals surface area (Å²) in [5.74, 6) is 0.0929. The molecule has 0 spiro atoms. The van der Waals surface area contributed by atoms with Crippen molar-refractivity contribution in [1.29, 1.82) is 5.41 Å². The zero-order valence-corrected chi connectivity index (χ0v) is 19.0. The lowest BCUT2D eigenvalue weighted by Gasteiger charge is -2.30. The highest BCUT2D eigenvalue weighted by Crippen LogP contribution is 2.28. The lowest BCUT2D eigenvalue weighted by molar-refractivity contribution is -0.134. The number of aromatic nitrogens is 4. The van der Waals surface area contributed by atoms with Gasteiger partial charge in [-0.15, -0.1) is 0 Å². The third-order valence-corrected chi connectivity index (χ3v) is 6.90. The number of aromatic amines is 1. The molecule has 2 N–H and O–H groups in total. The van der Waals surface area contributed by atoms with Crippen LogP contribution in [0.4, 0.5) is 0 Å². The first-order valence-electron chi connectivity index (χ1n) is 10.7. The van der Waals surface area contributed by atoms with E-state index in [9.17, 15) is 4.79 Å². The minimum Gasteiger partial charge on any atom is -0.378 e. The normalized spacial score (nSPS) is 15.4. The Labute approximate surface area is 185 Å². The molecule has 1 aromatic carbocycles. The fraction of sp³-hybridized carbons (Fsp3) is 0.455. The Bertz CT molecular complexity index is 1130. The average molecular weight is 441 g/mol. The van der Waals surface area contributed by atoms with Crippen LogP contribution in [0.25, 0.3) is 16.7 Å². The maximum atomic E-state index is 13.2. The van der Waals surface area contributed by atoms with Crippen LogP contribution in [0.1, 0.15) is 31.5 Å². The van der Waals surface area contributed by atoms with Crippen molar-refractivity contribution in [3.63, 3.8) is 0 Å². The number of nitrogens with zero attached hydrogens (tertiary/aromatic N) is 4. The Morgan fingerprint density at radius 3 is 2.61 bits per heavy atom. The molecule has 164 valence electrons. The van der Waals surface area contributed by atoms with E-state index in [4.69, 9.17) is 15.1 Å². The zero-order valence-electron chi connectivity index (χ0n) is 18.1. The van der Waals surface area contributed by atoms with Crippen LogP contribution in [0, 0.1) is 12.3 Å². The molecule has 1 aliphatic heterocycles. The van der Waals surface area contributed by atoms with Crippen LogP contribution in [-0.4, -0.2) is 62.1 Å². The second kappa shape index (κ2) is 9.23. The van der Waals surface area contributed by atoms with Gasteiger partial charge in [-0.05, 0) is 37.5 Å². The molecule has 31 heavy (non-hydrogen) atoms. The van der Waals surface area contributed by atoms with E-state index in [-0.39, 0.29) is 11.2 Å². The highest BCUT2D eigenvalue weighted by molar-refractivity contribution is 8.00. The summed E-state index contributed by atoms with van der Waals surface area (Å²) in [6.45, 7) is 8.39. The maximum Gasteiger partial charge on any atom is 0.236 e. The molecule has 0 radical (unpaired) electrons. The van der Waals surface area contributed by atoms with Gasteiger partial charge in [-0.2, -0.15) is 5.10 Å². The third-order valence-electron chi connectivity index (χ3n) is 5.60. The molecule has 4 rings (SSSR count). The van der Waals surface area contributed by atoms with E-state index in [0.717, 1.165) is 17.8 Å². The van der Waals surface area contributed by atoms with Gasteiger partial charge >= 0.3 is 0 Å². The van der Waals surface area contributed by atoms with Gasteiger partial charge in [0.1, 0.15) is 5.49 Å². The zero-order chi connectivity index (χ0) is 22.0. The van der Waals surface area contributed by atoms with Gasteiger partial charge in [-0.25, -0.2) is 4.98 Å². The molecular weight excluding hydrogens is 412 g/mol. The van der Waals surface area contributed by atoms with Crippen LogP contribution >= 0.6 is 11.8 Å². The predicted molar refractivity (Wildman–Crippen MR) is 121 cm³/mol. The number of hydrogen-bond donors (Lipinski definition) is 2. The number of ether oxygens (including phenoxy) is 1. The van der Waals surface area contributed by atoms with Crippen molar-refractivity contribution in [2.75, 3.05) is 26.3 Å². The van der Waals surface area contributed by atoms with E-state index in [1.165, 1.54) is 17.3 Å². The van der Waals surface area contributed by atoms with E-state index in [2.05, 4.69) is 29.3 Å². The van der Waals surface area contributed by atoms with E-state index in [0.29, 0.717) is 54.4 Å². The second-order valence-electron chi connectivity index (χ2n) is 7.60. The Balaban J connectivity index is 1.78. The Morgan fingerprint density at radius 2 is 1.97 bits per heavy atom. The SMILES string of the molecule is CCc1ccc(-n2c(S[C@H](CC)C(=O)N3CCOCC3)nc3n[nH]c(C)c3c2=N)cc1. The van der Waals surface area contributed by atoms with Crippen molar-refractivity contribution in [3.05, 3.63) is 41.0 Å². The van der Waals surface area contributed by atoms with Gasteiger partial charge in [-0.3, -0.25) is 19.9 Å². The number of carbonyl (C=O) groups excluding carboxylic acids is 1. The number of fused-ring (bicyclic) bond motifs is 1. The molecule has 1 saturated heterocycles. The summed E-state index contributed by atoms with van der Waals surface area (Å²) in [4.78, 5) is 19.8. The smallest absolute Gasteiger partial charge is 0.236 e. The number of morpholine rings is 1. The molecule has 9 heteroatoms. The second-order valence-corrected chi connectivity index (χ2v) is 8.77. The Morgan fingerprint density at radius 1 is 1.26 bits per heavy atom. The van der Waals surface area contributed by atoms with E-state index >= 15 is 0 Å². The molecule has 1 amide bonds. The molecule has 0 aliphatic carbocycles. The summed E-state index contributed by atoms with van der Waals surface area (Å²) in [5, 5.41) is 17.1. The summed E-state index contributed by atoms with van der Waals surface area (Å²) in [5.41, 5.74) is 3.71. The van der Waals surface area contributed by atoms with Gasteiger partial charge in [0.25, 0.3) is 0 Å². The minimum atomic E-state index is -0.288. The summed E-state index contributed by atoms with van der Waals surface area (Å²) in [7, 11) is 0. The number of nitrogens with one attached hydrogen (secondary N) is 2. The van der Waals surface area contributed by atoms with Crippen molar-refractivity contribution in [2.24, 2.45) is 0 Å². The summed E-state index contributed by atoms with van der Waals surface area (Å²) in [6.07, 6.45) is 1.62. The van der Waals surface area contributed by atoms with Crippen molar-refractivity contribution >= 4 is 28.7 Å². The van der Waals surface area contributed by atoms with Crippen LogP contribution in [0.5, 0.6) is 0 Å². The Hall–Kier alpha value is -2.65. The molecule has 3 aromatic rings. The number of thioether (sulfide) groups is 1. The lowest BCUT2D eigenvalue weighted by Crippen LogP contribution is -2.44. The van der Waals surface area contributed by atoms with Gasteiger partial charge in [0, 0.05) is 24.5 Å². The average Bonchev–Trinajstić information content (AvgIpc) is 3.18. The fourth-order valence-electron chi connectivity index (χ4n) is 3.75. The first-order chi connectivity index (χ1) is 15.0. The van der Waals surface area contributed by atoms with Crippen molar-refractivity contribution in [1.82, 2.24) is 24.6 Å². The molecule has 3 heterocycles. The number of aryl methyl sites for hydroxylation is 2. The van der Waals surface area contributed by atoms with E-state index < -0.39 is 0 Å². The summed E-state index contributed by atoms with van der Waals surface area (Å²) < 4.78 is 7.21. The van der Waals surface area contributed by atoms with E-state index in [1.54, 1.807) is 0 Å². The molecule has 1 fully saturated rings. The Kier molecular flexibility index (Phi) is 6.43. The van der Waals surface area contributed by atoms with E-state index in [1.807, 2.05) is 35.4 Å². The number of amides is 1. The van der Waals surface area contributed by atoms with Gasteiger partial charge in [0.05, 0.1) is 23.8 Å². The largest absolute Gasteiger partial charge is 0.378 e. The number of H-pyrrole nitrogens is 1. The molecule has 1 aliphatic rings. The number of benzene rings is 1. The van der Waals surface area contributed by atoms with Crippen LogP contribution in [0.2, 0.25) is 0 Å². The van der Waals surface area contributed by atoms with Crippen molar-refractivity contribution in [2.45, 2.75) is 44.0 Å². The summed E-state index contributed by atoms with van der Waals surface area (Å²) in [6, 6.07) is 8.15. The fourth-order valence-corrected chi connectivity index (χ4v) is 4.86. The highest BCUT2D eigenvalue weighted by Gasteiger charge is 2.27. The van der Waals surface area contributed by atoms with Crippen molar-refractivity contribution < 1.29 is 9.53 Å². The van der Waals surface area contributed by atoms with Crippen LogP contribution in [-0.2, 0) is 16.0 Å². The first-order valence-corrected chi connectivity index (χ1v) is 11.6. The quantitative estimate of drug-likeness (QED) is 0.454. The van der Waals surface area contributed by atoms with Crippen LogP contribution in [0.15, 0.2) is 29.4 Å². The summed E-state index contributed by atoms with van der Waals surface area (Å²) >= 11 is 1.41. The number of rotatable bonds is 6. The minimum absolute atomic E-state index is 0.0929. The third kappa shape index (κ3) is 4.24. The number of carbonyl (C=O) groups is 1. The van der Waals surface area contributed by atoms with Gasteiger partial charge < -0.3 is 9.64 Å². The monoisotopic (exact) mass is 440 g/mol. The molecule has 2 aromatic heterocycles. The standard InChI is InChI=1S/C22H28N6O2S/c1-4-15-6-8-16(9-7-15)28-19(23)18-14(3)25-26-20(18)24-22(28)31-17(5-2)21(29)27-10-12-30-13-11-27/h6-9,17,23H,4-5,10-13H2,1-3H3,(H,25,26)/t17-/m1/s1. The van der Waals surface area contributed by atoms with Crippen LogP contribution in [0.3, 0.4) is 0 Å². The molecule has 1 atom stereocenters. The van der Waals surface area contributed by atoms with Gasteiger partial charge in [0.2, 0.25) is 5.91 Å². The first kappa shape index (κ1) is 21.6. The topological polar surface area (TPSA) is 99.9 Å². The molecule has 8 nitrogen and oxygen atoms in total. The molecule has 0 bridgehead atoms. The molecular formula is C22H28N6O2S. The number of hydrogen-bond acceptors (Lipinski definition) is 6. The maximum absolute atomic E-state index is 13.2. The molecule has 0 saturated carbocycles.